The molecule has 0 aromatic carbocycles. The van der Waals surface area contributed by atoms with Crippen molar-refractivity contribution in [3.05, 3.63) is 58.5 Å². The molecular formula is C32H48N4O8. The molecule has 44 heavy (non-hydrogen) atoms. The minimum atomic E-state index is -0.997. The molecule has 2 aliphatic rings. The molecule has 5 N–H and O–H groups in total. The van der Waals surface area contributed by atoms with Crippen LogP contribution in [0.15, 0.2) is 58.5 Å². The van der Waals surface area contributed by atoms with E-state index in [4.69, 9.17) is 19.9 Å². The third kappa shape index (κ3) is 10.3. The van der Waals surface area contributed by atoms with E-state index in [1.165, 1.54) is 20.3 Å². The molecule has 0 aromatic heterocycles. The third-order valence-corrected chi connectivity index (χ3v) is 7.65. The van der Waals surface area contributed by atoms with Gasteiger partial charge in [-0.25, -0.2) is 4.79 Å². The molecule has 12 heteroatoms. The topological polar surface area (TPSA) is 170 Å². The number of hydrogen-bond acceptors (Lipinski definition) is 10. The van der Waals surface area contributed by atoms with E-state index >= 15 is 0 Å². The fraction of sp³-hybridized carbons (Fsp3) is 0.562. The highest BCUT2D eigenvalue weighted by molar-refractivity contribution is 6.23. The first kappa shape index (κ1) is 36.6. The summed E-state index contributed by atoms with van der Waals surface area (Å²) in [6.45, 7) is 8.09. The van der Waals surface area contributed by atoms with Crippen molar-refractivity contribution in [2.24, 2.45) is 17.6 Å². The molecule has 1 aliphatic heterocycles. The summed E-state index contributed by atoms with van der Waals surface area (Å²) >= 11 is 0. The Balaban J connectivity index is 2.60. The van der Waals surface area contributed by atoms with E-state index in [1.54, 1.807) is 32.1 Å². The van der Waals surface area contributed by atoms with Crippen LogP contribution in [0.1, 0.15) is 40.5 Å². The second kappa shape index (κ2) is 17.0. The molecule has 0 unspecified atom stereocenters. The zero-order valence-corrected chi connectivity index (χ0v) is 27.0. The number of rotatable bonds is 7. The van der Waals surface area contributed by atoms with Gasteiger partial charge < -0.3 is 40.6 Å². The summed E-state index contributed by atoms with van der Waals surface area (Å²) in [7, 11) is 6.74. The molecule has 244 valence electrons. The smallest absolute Gasteiger partial charge is 0.405 e. The molecular weight excluding hydrogens is 568 g/mol. The minimum absolute atomic E-state index is 0.114. The maximum atomic E-state index is 13.7. The van der Waals surface area contributed by atoms with Crippen LogP contribution < -0.4 is 16.4 Å². The molecule has 2 bridgehead atoms. The van der Waals surface area contributed by atoms with Gasteiger partial charge in [-0.05, 0) is 52.3 Å². The van der Waals surface area contributed by atoms with Crippen molar-refractivity contribution >= 4 is 23.6 Å². The zero-order chi connectivity index (χ0) is 33.1. The molecule has 1 aliphatic carbocycles. The van der Waals surface area contributed by atoms with Crippen LogP contribution >= 0.6 is 0 Å². The summed E-state index contributed by atoms with van der Waals surface area (Å²) in [5.74, 6) is -2.06. The van der Waals surface area contributed by atoms with Crippen LogP contribution in [0, 0.1) is 11.8 Å². The van der Waals surface area contributed by atoms with Gasteiger partial charge in [0.05, 0.1) is 23.6 Å². The van der Waals surface area contributed by atoms with Crippen molar-refractivity contribution in [3.63, 3.8) is 0 Å². The van der Waals surface area contributed by atoms with E-state index in [0.29, 0.717) is 25.1 Å². The first-order valence-electron chi connectivity index (χ1n) is 14.7. The van der Waals surface area contributed by atoms with Crippen LogP contribution in [0.2, 0.25) is 0 Å². The van der Waals surface area contributed by atoms with Gasteiger partial charge in [-0.1, -0.05) is 38.2 Å². The number of amides is 2. The number of nitrogens with one attached hydrogen (secondary N) is 2. The summed E-state index contributed by atoms with van der Waals surface area (Å²) < 4.78 is 16.6. The van der Waals surface area contributed by atoms with Gasteiger partial charge in [-0.2, -0.15) is 0 Å². The van der Waals surface area contributed by atoms with Crippen LogP contribution in [0.3, 0.4) is 0 Å². The van der Waals surface area contributed by atoms with Crippen molar-refractivity contribution in [2.75, 3.05) is 41.4 Å². The summed E-state index contributed by atoms with van der Waals surface area (Å²) in [4.78, 5) is 53.7. The molecule has 2 rings (SSSR count). The maximum absolute atomic E-state index is 13.7. The minimum Gasteiger partial charge on any atom is -0.439 e. The lowest BCUT2D eigenvalue weighted by atomic mass is 9.85. The van der Waals surface area contributed by atoms with Gasteiger partial charge in [0, 0.05) is 50.4 Å². The fourth-order valence-electron chi connectivity index (χ4n) is 5.18. The van der Waals surface area contributed by atoms with E-state index in [-0.39, 0.29) is 34.9 Å². The second-order valence-corrected chi connectivity index (χ2v) is 11.7. The largest absolute Gasteiger partial charge is 0.439 e. The standard InChI is InChI=1S/C32H48N4O8/c1-18-14-22-27(34-12-13-36(5)6)24(37)17-23(29(22)39)35-31(40)19(2)10-9-11-25(42-7)30(44-32(33)41)21(4)16-20(3)28(38)26(15-18)43-8/h9-11,16-18,20,25-26,28,30,34,38H,12-15H2,1-8H3,(H2,33,41)(H,35,40)/b11-9-,19-10-,21-16-/t18-,20-,25-,26-,28+,30+/m1/s1. The Bertz CT molecular complexity index is 1230. The lowest BCUT2D eigenvalue weighted by Gasteiger charge is -2.30. The van der Waals surface area contributed by atoms with Crippen LogP contribution in [0.4, 0.5) is 4.79 Å². The summed E-state index contributed by atoms with van der Waals surface area (Å²) in [5, 5.41) is 17.0. The molecule has 0 radical (unpaired) electrons. The first-order chi connectivity index (χ1) is 20.7. The average molecular weight is 617 g/mol. The molecule has 0 fully saturated rings. The number of fused-ring (bicyclic) bond motifs is 2. The van der Waals surface area contributed by atoms with E-state index in [9.17, 15) is 24.3 Å². The average Bonchev–Trinajstić information content (AvgIpc) is 2.95. The Morgan fingerprint density at radius 1 is 1.16 bits per heavy atom. The number of ether oxygens (including phenoxy) is 3. The third-order valence-electron chi connectivity index (χ3n) is 7.65. The predicted molar refractivity (Wildman–Crippen MR) is 166 cm³/mol. The van der Waals surface area contributed by atoms with Gasteiger partial charge in [0.1, 0.15) is 6.10 Å². The first-order valence-corrected chi connectivity index (χ1v) is 14.7. The van der Waals surface area contributed by atoms with Gasteiger partial charge in [0.15, 0.2) is 6.10 Å². The number of carbonyl (C=O) groups excluding carboxylic acids is 4. The van der Waals surface area contributed by atoms with Crippen molar-refractivity contribution in [2.45, 2.75) is 65.0 Å². The Morgan fingerprint density at radius 2 is 1.84 bits per heavy atom. The number of methoxy groups -OCH3 is 2. The molecule has 12 nitrogen and oxygen atoms in total. The van der Waals surface area contributed by atoms with Crippen molar-refractivity contribution < 1.29 is 38.5 Å². The molecule has 0 saturated heterocycles. The highest BCUT2D eigenvalue weighted by Gasteiger charge is 2.33. The van der Waals surface area contributed by atoms with Crippen molar-refractivity contribution in [1.82, 2.24) is 15.5 Å². The number of allylic oxidation sites excluding steroid dienone is 4. The monoisotopic (exact) mass is 616 g/mol. The fourth-order valence-corrected chi connectivity index (χ4v) is 5.18. The number of aliphatic hydroxyl groups is 1. The number of carbonyl (C=O) groups is 4. The molecule has 6 atom stereocenters. The zero-order valence-electron chi connectivity index (χ0n) is 27.0. The molecule has 2 amide bonds. The molecule has 0 saturated carbocycles. The van der Waals surface area contributed by atoms with Gasteiger partial charge in [-0.3, -0.25) is 14.4 Å². The predicted octanol–water partition coefficient (Wildman–Crippen LogP) is 1.91. The van der Waals surface area contributed by atoms with E-state index in [0.717, 1.165) is 6.08 Å². The maximum Gasteiger partial charge on any atom is 0.405 e. The lowest BCUT2D eigenvalue weighted by Crippen LogP contribution is -2.38. The number of likely N-dealkylation sites (N-methyl/N-ethyl adjacent to an activating group) is 1. The Kier molecular flexibility index (Phi) is 14.2. The summed E-state index contributed by atoms with van der Waals surface area (Å²) in [6.07, 6.45) is 3.88. The van der Waals surface area contributed by atoms with Crippen LogP contribution in [0.5, 0.6) is 0 Å². The van der Waals surface area contributed by atoms with Gasteiger partial charge >= 0.3 is 6.09 Å². The van der Waals surface area contributed by atoms with Crippen molar-refractivity contribution in [1.29, 1.82) is 0 Å². The lowest BCUT2D eigenvalue weighted by molar-refractivity contribution is -0.120. The molecule has 0 aromatic rings. The van der Waals surface area contributed by atoms with E-state index in [1.807, 2.05) is 32.8 Å². The van der Waals surface area contributed by atoms with Crippen molar-refractivity contribution in [3.8, 4) is 0 Å². The van der Waals surface area contributed by atoms with E-state index < -0.39 is 53.9 Å². The number of aliphatic hydroxyl groups excluding tert-OH is 1. The Morgan fingerprint density at radius 3 is 2.43 bits per heavy atom. The molecule has 0 spiro atoms. The summed E-state index contributed by atoms with van der Waals surface area (Å²) in [6, 6.07) is 0. The molecule has 1 heterocycles. The summed E-state index contributed by atoms with van der Waals surface area (Å²) in [5.41, 5.74) is 6.55. The Labute approximate surface area is 260 Å². The quantitative estimate of drug-likeness (QED) is 0.245. The number of Topliss-reactive ketones (excluding diaryl/α,β-unsaturated/α-hetero) is 1. The highest BCUT2D eigenvalue weighted by Crippen LogP contribution is 2.28. The second-order valence-electron chi connectivity index (χ2n) is 11.7. The number of hydrogen-bond donors (Lipinski definition) is 4. The van der Waals surface area contributed by atoms with Gasteiger partial charge in [0.2, 0.25) is 11.6 Å². The highest BCUT2D eigenvalue weighted by atomic mass is 16.6. The number of nitrogens with zero attached hydrogens (tertiary/aromatic N) is 1. The normalized spacial score (nSPS) is 31.0. The number of nitrogens with two attached hydrogens (primary N) is 1. The number of ketones is 2. The van der Waals surface area contributed by atoms with Gasteiger partial charge in [-0.15, -0.1) is 0 Å². The van der Waals surface area contributed by atoms with Gasteiger partial charge in [0.25, 0.3) is 5.91 Å². The SMILES string of the molecule is CO[C@@H]1/C=C\C=C(\C)C(=O)NC2=CC(=O)C(NCCN(C)C)=C(C[C@@H](C)C[C@@H](OC)[C@@H](O)[C@H](C)/C=C(/C)[C@@H]1OC(N)=O)C2=O. The van der Waals surface area contributed by atoms with Crippen LogP contribution in [-0.2, 0) is 28.6 Å². The Hall–Kier alpha value is -3.58. The van der Waals surface area contributed by atoms with Crippen LogP contribution in [-0.4, -0.2) is 99.4 Å². The number of primary amides is 1. The van der Waals surface area contributed by atoms with E-state index in [2.05, 4.69) is 10.6 Å². The van der Waals surface area contributed by atoms with Crippen LogP contribution in [0.25, 0.3) is 0 Å².